The minimum Gasteiger partial charge on any atom is -0.408 e. The SMILES string of the molecule is Cn1c(=O)oc2ccc(-c3cc4cc(C[C@@H](C#N)NC(=O)[C@@H]5CNCCCO5)sc4s3)cc21. The first-order valence-corrected chi connectivity index (χ1v) is 12.3. The summed E-state index contributed by atoms with van der Waals surface area (Å²) in [5.41, 5.74) is 2.35. The summed E-state index contributed by atoms with van der Waals surface area (Å²) in [6.45, 7) is 1.82. The normalized spacial score (nSPS) is 17.6. The van der Waals surface area contributed by atoms with Crippen LogP contribution < -0.4 is 16.4 Å². The number of hydrogen-bond donors (Lipinski definition) is 2. The highest BCUT2D eigenvalue weighted by Crippen LogP contribution is 2.39. The van der Waals surface area contributed by atoms with Crippen LogP contribution in [0.25, 0.3) is 30.9 Å². The molecule has 1 aliphatic heterocycles. The summed E-state index contributed by atoms with van der Waals surface area (Å²) in [6.07, 6.45) is 0.755. The van der Waals surface area contributed by atoms with Gasteiger partial charge in [-0.15, -0.1) is 22.7 Å². The van der Waals surface area contributed by atoms with Crippen LogP contribution in [0, 0.1) is 11.3 Å². The zero-order valence-electron chi connectivity index (χ0n) is 17.9. The predicted octanol–water partition coefficient (Wildman–Crippen LogP) is 3.00. The van der Waals surface area contributed by atoms with Crippen molar-refractivity contribution >= 4 is 49.1 Å². The minimum absolute atomic E-state index is 0.249. The van der Waals surface area contributed by atoms with E-state index in [0.29, 0.717) is 25.2 Å². The number of rotatable bonds is 5. The number of benzene rings is 1. The van der Waals surface area contributed by atoms with Gasteiger partial charge in [-0.05, 0) is 48.9 Å². The highest BCUT2D eigenvalue weighted by Gasteiger charge is 2.24. The molecule has 1 fully saturated rings. The number of nitrogens with one attached hydrogen (secondary N) is 2. The van der Waals surface area contributed by atoms with Gasteiger partial charge >= 0.3 is 5.76 Å². The first kappa shape index (κ1) is 21.9. The zero-order valence-corrected chi connectivity index (χ0v) is 19.6. The van der Waals surface area contributed by atoms with E-state index in [4.69, 9.17) is 9.15 Å². The number of aryl methyl sites for hydroxylation is 1. The molecule has 10 heteroatoms. The Hall–Kier alpha value is -2.97. The van der Waals surface area contributed by atoms with E-state index >= 15 is 0 Å². The summed E-state index contributed by atoms with van der Waals surface area (Å²) < 4.78 is 13.4. The maximum absolute atomic E-state index is 12.5. The van der Waals surface area contributed by atoms with Crippen molar-refractivity contribution in [2.45, 2.75) is 25.0 Å². The first-order chi connectivity index (χ1) is 16.0. The van der Waals surface area contributed by atoms with Crippen LogP contribution in [0.2, 0.25) is 0 Å². The third-order valence-electron chi connectivity index (χ3n) is 5.66. The standard InChI is InChI=1S/C23H22N4O4S2/c1-27-17-8-13(3-4-18(17)31-23(27)29)20-9-14-7-16(32-22(14)33-20)10-15(11-24)26-21(28)19-12-25-5-2-6-30-19/h3-4,7-9,15,19,25H,2,5-6,10,12H2,1H3,(H,26,28)/t15-,19-/m0/s1. The summed E-state index contributed by atoms with van der Waals surface area (Å²) in [4.78, 5) is 26.4. The largest absolute Gasteiger partial charge is 0.419 e. The average Bonchev–Trinajstić information content (AvgIpc) is 3.35. The molecule has 3 aromatic heterocycles. The lowest BCUT2D eigenvalue weighted by atomic mass is 10.1. The van der Waals surface area contributed by atoms with Crippen molar-refractivity contribution in [3.63, 3.8) is 0 Å². The van der Waals surface area contributed by atoms with E-state index in [1.54, 1.807) is 29.7 Å². The number of ether oxygens (including phenoxy) is 1. The Labute approximate surface area is 197 Å². The van der Waals surface area contributed by atoms with Crippen molar-refractivity contribution in [3.8, 4) is 16.5 Å². The van der Waals surface area contributed by atoms with Crippen LogP contribution in [-0.4, -0.2) is 42.3 Å². The number of hydrogen-bond acceptors (Lipinski definition) is 8. The number of oxazole rings is 1. The molecule has 1 saturated heterocycles. The number of carbonyl (C=O) groups excluding carboxylic acids is 1. The van der Waals surface area contributed by atoms with E-state index in [0.717, 1.165) is 43.2 Å². The van der Waals surface area contributed by atoms with Crippen LogP contribution in [0.4, 0.5) is 0 Å². The molecule has 0 bridgehead atoms. The quantitative estimate of drug-likeness (QED) is 0.453. The molecule has 4 aromatic rings. The molecule has 1 aromatic carbocycles. The Morgan fingerprint density at radius 2 is 2.24 bits per heavy atom. The average molecular weight is 483 g/mol. The first-order valence-electron chi connectivity index (χ1n) is 10.7. The Morgan fingerprint density at radius 3 is 3.06 bits per heavy atom. The topological polar surface area (TPSA) is 109 Å². The molecule has 0 unspecified atom stereocenters. The van der Waals surface area contributed by atoms with E-state index in [2.05, 4.69) is 28.8 Å². The van der Waals surface area contributed by atoms with Gasteiger partial charge in [0, 0.05) is 41.8 Å². The van der Waals surface area contributed by atoms with Gasteiger partial charge in [-0.1, -0.05) is 0 Å². The minimum atomic E-state index is -0.610. The Morgan fingerprint density at radius 1 is 1.36 bits per heavy atom. The fraction of sp³-hybridized carbons (Fsp3) is 0.348. The molecule has 8 nitrogen and oxygen atoms in total. The number of thiophene rings is 2. The maximum Gasteiger partial charge on any atom is 0.419 e. The van der Waals surface area contributed by atoms with Gasteiger partial charge in [-0.3, -0.25) is 9.36 Å². The van der Waals surface area contributed by atoms with E-state index in [1.165, 1.54) is 4.57 Å². The molecule has 2 atom stereocenters. The second kappa shape index (κ2) is 9.11. The number of nitrogens with zero attached hydrogens (tertiary/aromatic N) is 2. The van der Waals surface area contributed by atoms with Crippen LogP contribution >= 0.6 is 22.7 Å². The van der Waals surface area contributed by atoms with Gasteiger partial charge in [-0.25, -0.2) is 4.79 Å². The molecular weight excluding hydrogens is 460 g/mol. The molecule has 0 saturated carbocycles. The molecule has 33 heavy (non-hydrogen) atoms. The number of amides is 1. The number of fused-ring (bicyclic) bond motifs is 2. The molecule has 2 N–H and O–H groups in total. The molecule has 1 aliphatic rings. The second-order valence-corrected chi connectivity index (χ2v) is 10.4. The number of carbonyl (C=O) groups is 1. The van der Waals surface area contributed by atoms with Crippen molar-refractivity contribution < 1.29 is 13.9 Å². The summed E-state index contributed by atoms with van der Waals surface area (Å²) in [6, 6.07) is 11.5. The smallest absolute Gasteiger partial charge is 0.408 e. The number of nitriles is 1. The van der Waals surface area contributed by atoms with Crippen molar-refractivity contribution in [3.05, 3.63) is 45.8 Å². The zero-order chi connectivity index (χ0) is 22.9. The molecule has 0 aliphatic carbocycles. The summed E-state index contributed by atoms with van der Waals surface area (Å²) in [5.74, 6) is -0.624. The highest BCUT2D eigenvalue weighted by molar-refractivity contribution is 7.39. The predicted molar refractivity (Wildman–Crippen MR) is 129 cm³/mol. The van der Waals surface area contributed by atoms with E-state index in [1.807, 2.05) is 18.2 Å². The van der Waals surface area contributed by atoms with Gasteiger partial charge < -0.3 is 19.8 Å². The number of aromatic nitrogens is 1. The Bertz CT molecular complexity index is 1380. The van der Waals surface area contributed by atoms with Crippen molar-refractivity contribution in [2.75, 3.05) is 19.7 Å². The highest BCUT2D eigenvalue weighted by atomic mass is 32.2. The Balaban J connectivity index is 1.30. The lowest BCUT2D eigenvalue weighted by Gasteiger charge is -2.17. The summed E-state index contributed by atoms with van der Waals surface area (Å²) in [5, 5.41) is 16.7. The third kappa shape index (κ3) is 4.45. The van der Waals surface area contributed by atoms with Gasteiger partial charge in [0.05, 0.1) is 15.6 Å². The van der Waals surface area contributed by atoms with Gasteiger partial charge in [0.2, 0.25) is 0 Å². The molecular formula is C23H22N4O4S2. The van der Waals surface area contributed by atoms with Crippen molar-refractivity contribution in [1.29, 1.82) is 5.26 Å². The molecule has 5 rings (SSSR count). The van der Waals surface area contributed by atoms with Crippen LogP contribution in [0.5, 0.6) is 0 Å². The van der Waals surface area contributed by atoms with E-state index < -0.39 is 12.1 Å². The van der Waals surface area contributed by atoms with Crippen molar-refractivity contribution in [2.24, 2.45) is 7.05 Å². The van der Waals surface area contributed by atoms with Crippen molar-refractivity contribution in [1.82, 2.24) is 15.2 Å². The van der Waals surface area contributed by atoms with Crippen LogP contribution in [-0.2, 0) is 23.0 Å². The van der Waals surface area contributed by atoms with Gasteiger partial charge in [-0.2, -0.15) is 5.26 Å². The lowest BCUT2D eigenvalue weighted by Crippen LogP contribution is -2.46. The van der Waals surface area contributed by atoms with Crippen LogP contribution in [0.3, 0.4) is 0 Å². The van der Waals surface area contributed by atoms with Gasteiger partial charge in [0.25, 0.3) is 5.91 Å². The molecule has 170 valence electrons. The van der Waals surface area contributed by atoms with Crippen LogP contribution in [0.15, 0.2) is 39.5 Å². The van der Waals surface area contributed by atoms with E-state index in [-0.39, 0.29) is 11.7 Å². The van der Waals surface area contributed by atoms with Crippen LogP contribution in [0.1, 0.15) is 11.3 Å². The third-order valence-corrected chi connectivity index (χ3v) is 8.12. The fourth-order valence-corrected chi connectivity index (χ4v) is 6.42. The molecule has 0 spiro atoms. The second-order valence-electron chi connectivity index (χ2n) is 7.99. The summed E-state index contributed by atoms with van der Waals surface area (Å²) >= 11 is 3.30. The maximum atomic E-state index is 12.5. The summed E-state index contributed by atoms with van der Waals surface area (Å²) in [7, 11) is 1.69. The molecule has 0 radical (unpaired) electrons. The van der Waals surface area contributed by atoms with E-state index in [9.17, 15) is 14.9 Å². The Kier molecular flexibility index (Phi) is 6.03. The monoisotopic (exact) mass is 482 g/mol. The molecule has 4 heterocycles. The fourth-order valence-electron chi connectivity index (χ4n) is 3.89. The lowest BCUT2D eigenvalue weighted by molar-refractivity contribution is -0.132. The molecule has 1 amide bonds. The van der Waals surface area contributed by atoms with Gasteiger partial charge in [0.15, 0.2) is 5.58 Å². The van der Waals surface area contributed by atoms with Gasteiger partial charge in [0.1, 0.15) is 12.1 Å².